The predicted octanol–water partition coefficient (Wildman–Crippen LogP) is 4.70. The van der Waals surface area contributed by atoms with E-state index < -0.39 is 0 Å². The molecular weight excluding hydrogens is 334 g/mol. The van der Waals surface area contributed by atoms with E-state index in [-0.39, 0.29) is 12.1 Å². The summed E-state index contributed by atoms with van der Waals surface area (Å²) < 4.78 is 2.20. The summed E-state index contributed by atoms with van der Waals surface area (Å²) in [6, 6.07) is 26.3. The van der Waals surface area contributed by atoms with Gasteiger partial charge in [0.2, 0.25) is 0 Å². The predicted molar refractivity (Wildman–Crippen MR) is 109 cm³/mol. The summed E-state index contributed by atoms with van der Waals surface area (Å²) in [6.07, 6.45) is -0.297. The van der Waals surface area contributed by atoms with Crippen LogP contribution in [0.1, 0.15) is 22.1 Å². The molecule has 0 saturated heterocycles. The highest BCUT2D eigenvalue weighted by atomic mass is 16.2. The Bertz CT molecular complexity index is 1160. The molecule has 132 valence electrons. The molecule has 0 unspecified atom stereocenters. The highest BCUT2D eigenvalue weighted by Crippen LogP contribution is 2.39. The topological polar surface area (TPSA) is 46.1 Å². The van der Waals surface area contributed by atoms with Crippen LogP contribution in [-0.4, -0.2) is 10.5 Å². The zero-order chi connectivity index (χ0) is 18.4. The van der Waals surface area contributed by atoms with Gasteiger partial charge in [0.25, 0.3) is 5.91 Å². The van der Waals surface area contributed by atoms with Gasteiger partial charge >= 0.3 is 0 Å². The van der Waals surface area contributed by atoms with Crippen molar-refractivity contribution < 1.29 is 4.79 Å². The van der Waals surface area contributed by atoms with Crippen molar-refractivity contribution in [3.05, 3.63) is 90.0 Å². The maximum atomic E-state index is 12.7. The Kier molecular flexibility index (Phi) is 3.50. The largest absolute Gasteiger partial charge is 0.361 e. The maximum Gasteiger partial charge on any atom is 0.255 e. The number of aromatic nitrogens is 1. The summed E-state index contributed by atoms with van der Waals surface area (Å²) in [7, 11) is 2.08. The van der Waals surface area contributed by atoms with Crippen molar-refractivity contribution in [3.63, 3.8) is 0 Å². The molecule has 4 nitrogen and oxygen atoms in total. The van der Waals surface area contributed by atoms with Crippen molar-refractivity contribution in [1.82, 2.24) is 9.88 Å². The van der Waals surface area contributed by atoms with Gasteiger partial charge in [-0.15, -0.1) is 0 Å². The van der Waals surface area contributed by atoms with Crippen LogP contribution >= 0.6 is 0 Å². The van der Waals surface area contributed by atoms with Crippen LogP contribution in [0.15, 0.2) is 78.9 Å². The van der Waals surface area contributed by atoms with Crippen LogP contribution in [0, 0.1) is 0 Å². The molecule has 1 atom stereocenters. The van der Waals surface area contributed by atoms with Crippen LogP contribution in [0.4, 0.5) is 5.69 Å². The molecule has 0 aliphatic carbocycles. The van der Waals surface area contributed by atoms with Crippen molar-refractivity contribution in [3.8, 4) is 11.3 Å². The van der Waals surface area contributed by atoms with E-state index in [2.05, 4.69) is 46.5 Å². The smallest absolute Gasteiger partial charge is 0.255 e. The molecular formula is C23H19N3O. The quantitative estimate of drug-likeness (QED) is 0.549. The number of carbonyl (C=O) groups excluding carboxylic acids is 1. The summed E-state index contributed by atoms with van der Waals surface area (Å²) >= 11 is 0. The Labute approximate surface area is 157 Å². The summed E-state index contributed by atoms with van der Waals surface area (Å²) in [4.78, 5) is 12.7. The summed E-state index contributed by atoms with van der Waals surface area (Å²) in [5, 5.41) is 7.79. The number of para-hydroxylation sites is 2. The van der Waals surface area contributed by atoms with Crippen molar-refractivity contribution in [2.24, 2.45) is 7.05 Å². The Morgan fingerprint density at radius 2 is 1.52 bits per heavy atom. The average molecular weight is 353 g/mol. The number of hydrogen-bond acceptors (Lipinski definition) is 2. The number of fused-ring (bicyclic) bond motifs is 2. The molecule has 2 heterocycles. The van der Waals surface area contributed by atoms with E-state index in [9.17, 15) is 4.79 Å². The molecule has 2 N–H and O–H groups in total. The fourth-order valence-corrected chi connectivity index (χ4v) is 4.01. The first-order valence-corrected chi connectivity index (χ1v) is 9.03. The van der Waals surface area contributed by atoms with E-state index in [4.69, 9.17) is 0 Å². The minimum absolute atomic E-state index is 0.0544. The third-order valence-corrected chi connectivity index (χ3v) is 5.23. The SMILES string of the molecule is Cn1c(-c2ccccc2)c([C@@H]2NC(=O)c3ccccc3N2)c2ccccc21. The Hall–Kier alpha value is -3.53. The number of aryl methyl sites for hydroxylation is 1. The Balaban J connectivity index is 1.75. The van der Waals surface area contributed by atoms with Gasteiger partial charge in [0, 0.05) is 29.2 Å². The first-order valence-electron chi connectivity index (χ1n) is 9.03. The van der Waals surface area contributed by atoms with Crippen LogP contribution in [-0.2, 0) is 7.05 Å². The van der Waals surface area contributed by atoms with Crippen LogP contribution in [0.5, 0.6) is 0 Å². The standard InChI is InChI=1S/C23H19N3O/c1-26-19-14-8-6-12-17(19)20(21(26)15-9-3-2-4-10-15)22-24-18-13-7-5-11-16(18)23(27)25-22/h2-14,22,24H,1H3,(H,25,27)/t22-/m0/s1. The Morgan fingerprint density at radius 3 is 2.37 bits per heavy atom. The van der Waals surface area contributed by atoms with Gasteiger partial charge in [0.05, 0.1) is 11.3 Å². The number of carbonyl (C=O) groups is 1. The highest BCUT2D eigenvalue weighted by Gasteiger charge is 2.29. The molecule has 1 aliphatic heterocycles. The highest BCUT2D eigenvalue weighted by molar-refractivity contribution is 6.03. The summed E-state index contributed by atoms with van der Waals surface area (Å²) in [5.41, 5.74) is 5.99. The van der Waals surface area contributed by atoms with Crippen LogP contribution in [0.25, 0.3) is 22.2 Å². The lowest BCUT2D eigenvalue weighted by Crippen LogP contribution is -2.38. The molecule has 5 rings (SSSR count). The van der Waals surface area contributed by atoms with Crippen molar-refractivity contribution >= 4 is 22.5 Å². The van der Waals surface area contributed by atoms with Crippen LogP contribution < -0.4 is 10.6 Å². The fourth-order valence-electron chi connectivity index (χ4n) is 4.01. The van der Waals surface area contributed by atoms with Gasteiger partial charge in [-0.05, 0) is 23.8 Å². The van der Waals surface area contributed by atoms with Crippen LogP contribution in [0.3, 0.4) is 0 Å². The second-order valence-electron chi connectivity index (χ2n) is 6.80. The molecule has 1 aliphatic rings. The molecule has 3 aromatic carbocycles. The van der Waals surface area contributed by atoms with Crippen molar-refractivity contribution in [2.75, 3.05) is 5.32 Å². The second-order valence-corrected chi connectivity index (χ2v) is 6.80. The molecule has 0 radical (unpaired) electrons. The Morgan fingerprint density at radius 1 is 0.815 bits per heavy atom. The number of anilines is 1. The fraction of sp³-hybridized carbons (Fsp3) is 0.0870. The van der Waals surface area contributed by atoms with E-state index >= 15 is 0 Å². The lowest BCUT2D eigenvalue weighted by Gasteiger charge is -2.29. The van der Waals surface area contributed by atoms with Gasteiger partial charge in [0.15, 0.2) is 0 Å². The van der Waals surface area contributed by atoms with Gasteiger partial charge in [0.1, 0.15) is 6.17 Å². The molecule has 0 saturated carbocycles. The number of hydrogen-bond donors (Lipinski definition) is 2. The first-order chi connectivity index (χ1) is 13.2. The van der Waals surface area contributed by atoms with E-state index in [1.54, 1.807) is 0 Å². The zero-order valence-corrected chi connectivity index (χ0v) is 14.9. The number of amides is 1. The van der Waals surface area contributed by atoms with E-state index in [1.165, 1.54) is 0 Å². The molecule has 0 fully saturated rings. The van der Waals surface area contributed by atoms with Crippen LogP contribution in [0.2, 0.25) is 0 Å². The zero-order valence-electron chi connectivity index (χ0n) is 14.9. The lowest BCUT2D eigenvalue weighted by atomic mass is 10.00. The number of rotatable bonds is 2. The number of nitrogens with one attached hydrogen (secondary N) is 2. The molecule has 27 heavy (non-hydrogen) atoms. The molecule has 4 heteroatoms. The molecule has 0 spiro atoms. The number of benzene rings is 3. The lowest BCUT2D eigenvalue weighted by molar-refractivity contribution is 0.0936. The third-order valence-electron chi connectivity index (χ3n) is 5.23. The monoisotopic (exact) mass is 353 g/mol. The molecule has 4 aromatic rings. The maximum absolute atomic E-state index is 12.7. The third kappa shape index (κ3) is 2.41. The first kappa shape index (κ1) is 15.7. The van der Waals surface area contributed by atoms with Crippen molar-refractivity contribution in [1.29, 1.82) is 0 Å². The molecule has 0 bridgehead atoms. The average Bonchev–Trinajstić information content (AvgIpc) is 3.01. The summed E-state index contributed by atoms with van der Waals surface area (Å²) in [6.45, 7) is 0. The van der Waals surface area contributed by atoms with E-state index in [0.29, 0.717) is 5.56 Å². The minimum atomic E-state index is -0.297. The normalized spacial score (nSPS) is 15.9. The van der Waals surface area contributed by atoms with Gasteiger partial charge < -0.3 is 15.2 Å². The van der Waals surface area contributed by atoms with Gasteiger partial charge in [-0.3, -0.25) is 4.79 Å². The molecule has 1 aromatic heterocycles. The van der Waals surface area contributed by atoms with Crippen molar-refractivity contribution in [2.45, 2.75) is 6.17 Å². The van der Waals surface area contributed by atoms with Gasteiger partial charge in [-0.1, -0.05) is 60.7 Å². The van der Waals surface area contributed by atoms with Gasteiger partial charge in [-0.2, -0.15) is 0 Å². The summed E-state index contributed by atoms with van der Waals surface area (Å²) in [5.74, 6) is -0.0544. The van der Waals surface area contributed by atoms with E-state index in [1.807, 2.05) is 54.6 Å². The van der Waals surface area contributed by atoms with E-state index in [0.717, 1.165) is 33.4 Å². The minimum Gasteiger partial charge on any atom is -0.361 e. The van der Waals surface area contributed by atoms with Gasteiger partial charge in [-0.25, -0.2) is 0 Å². The second kappa shape index (κ2) is 6.02. The molecule has 1 amide bonds. The number of nitrogens with zero attached hydrogens (tertiary/aromatic N) is 1.